The van der Waals surface area contributed by atoms with Gasteiger partial charge in [-0.25, -0.2) is 0 Å². The highest BCUT2D eigenvalue weighted by Gasteiger charge is 2.33. The fraction of sp³-hybridized carbons (Fsp3) is 0.917. The zero-order chi connectivity index (χ0) is 10.6. The molecule has 1 aliphatic carbocycles. The van der Waals surface area contributed by atoms with Crippen molar-refractivity contribution in [1.82, 2.24) is 0 Å². The summed E-state index contributed by atoms with van der Waals surface area (Å²) < 4.78 is 0. The number of Topliss-reactive ketones (excluding diaryl/α,β-unsaturated/α-hetero) is 1. The van der Waals surface area contributed by atoms with Crippen LogP contribution in [-0.4, -0.2) is 12.3 Å². The summed E-state index contributed by atoms with van der Waals surface area (Å²) >= 11 is 0. The summed E-state index contributed by atoms with van der Waals surface area (Å²) in [6, 6.07) is 0. The second kappa shape index (κ2) is 4.92. The van der Waals surface area contributed by atoms with Gasteiger partial charge in [-0.2, -0.15) is 0 Å². The van der Waals surface area contributed by atoms with Crippen LogP contribution in [0.25, 0.3) is 0 Å². The Balaban J connectivity index is 2.43. The summed E-state index contributed by atoms with van der Waals surface area (Å²) in [4.78, 5) is 12.0. The summed E-state index contributed by atoms with van der Waals surface area (Å²) in [5, 5.41) is 0. The first-order chi connectivity index (χ1) is 6.68. The van der Waals surface area contributed by atoms with Crippen molar-refractivity contribution in [2.24, 2.45) is 17.1 Å². The van der Waals surface area contributed by atoms with Gasteiger partial charge in [0.25, 0.3) is 0 Å². The summed E-state index contributed by atoms with van der Waals surface area (Å²) in [6.07, 6.45) is 6.30. The number of hydrogen-bond donors (Lipinski definition) is 1. The topological polar surface area (TPSA) is 43.1 Å². The van der Waals surface area contributed by atoms with E-state index >= 15 is 0 Å². The lowest BCUT2D eigenvalue weighted by molar-refractivity contribution is -0.128. The molecule has 14 heavy (non-hydrogen) atoms. The van der Waals surface area contributed by atoms with Crippen LogP contribution in [0.4, 0.5) is 0 Å². The smallest absolute Gasteiger partial charge is 0.140 e. The molecule has 0 spiro atoms. The van der Waals surface area contributed by atoms with Gasteiger partial charge in [-0.1, -0.05) is 26.7 Å². The van der Waals surface area contributed by atoms with Crippen molar-refractivity contribution < 1.29 is 4.79 Å². The molecule has 0 saturated heterocycles. The first kappa shape index (κ1) is 11.7. The average Bonchev–Trinajstić information content (AvgIpc) is 3.02. The minimum Gasteiger partial charge on any atom is -0.329 e. The molecule has 0 radical (unpaired) electrons. The molecular formula is C12H23NO. The van der Waals surface area contributed by atoms with Crippen LogP contribution >= 0.6 is 0 Å². The largest absolute Gasteiger partial charge is 0.329 e. The molecular weight excluding hydrogens is 174 g/mol. The summed E-state index contributed by atoms with van der Waals surface area (Å²) in [5.74, 6) is 1.25. The van der Waals surface area contributed by atoms with E-state index in [0.717, 1.165) is 31.6 Å². The molecule has 2 N–H and O–H groups in total. The van der Waals surface area contributed by atoms with E-state index in [1.165, 1.54) is 12.8 Å². The third-order valence-corrected chi connectivity index (χ3v) is 3.81. The summed E-state index contributed by atoms with van der Waals surface area (Å²) in [5.41, 5.74) is 5.52. The lowest BCUT2D eigenvalue weighted by Gasteiger charge is -2.28. The van der Waals surface area contributed by atoms with Crippen LogP contribution in [0.1, 0.15) is 52.4 Å². The third-order valence-electron chi connectivity index (χ3n) is 3.81. The standard InChI is InChI=1S/C12H23NO/c1-3-12(4-2,9-13)11(14)8-7-10-5-6-10/h10H,3-9,13H2,1-2H3. The van der Waals surface area contributed by atoms with Gasteiger partial charge in [0, 0.05) is 18.4 Å². The average molecular weight is 197 g/mol. The Labute approximate surface area is 87.2 Å². The molecule has 0 aromatic heterocycles. The molecule has 1 rings (SSSR count). The van der Waals surface area contributed by atoms with E-state index in [0.29, 0.717) is 12.3 Å². The van der Waals surface area contributed by atoms with Crippen LogP contribution in [0.15, 0.2) is 0 Å². The van der Waals surface area contributed by atoms with Crippen LogP contribution in [0.3, 0.4) is 0 Å². The van der Waals surface area contributed by atoms with Gasteiger partial charge in [0.2, 0.25) is 0 Å². The zero-order valence-corrected chi connectivity index (χ0v) is 9.51. The molecule has 0 aromatic carbocycles. The zero-order valence-electron chi connectivity index (χ0n) is 9.51. The number of hydrogen-bond acceptors (Lipinski definition) is 2. The van der Waals surface area contributed by atoms with E-state index in [1.807, 2.05) is 0 Å². The van der Waals surface area contributed by atoms with Gasteiger partial charge in [-0.3, -0.25) is 4.79 Å². The second-order valence-electron chi connectivity index (χ2n) is 4.60. The maximum Gasteiger partial charge on any atom is 0.140 e. The number of carbonyl (C=O) groups is 1. The van der Waals surface area contributed by atoms with Crippen molar-refractivity contribution in [3.8, 4) is 0 Å². The molecule has 1 fully saturated rings. The fourth-order valence-corrected chi connectivity index (χ4v) is 2.05. The fourth-order valence-electron chi connectivity index (χ4n) is 2.05. The van der Waals surface area contributed by atoms with Crippen molar-refractivity contribution in [3.05, 3.63) is 0 Å². The van der Waals surface area contributed by atoms with Crippen molar-refractivity contribution >= 4 is 5.78 Å². The molecule has 0 aliphatic heterocycles. The van der Waals surface area contributed by atoms with Gasteiger partial charge in [0.1, 0.15) is 5.78 Å². The van der Waals surface area contributed by atoms with Gasteiger partial charge in [0.05, 0.1) is 0 Å². The Bertz CT molecular complexity index is 184. The van der Waals surface area contributed by atoms with Crippen LogP contribution in [0.5, 0.6) is 0 Å². The third kappa shape index (κ3) is 2.57. The molecule has 2 nitrogen and oxygen atoms in total. The number of carbonyl (C=O) groups excluding carboxylic acids is 1. The van der Waals surface area contributed by atoms with Gasteiger partial charge in [-0.05, 0) is 25.2 Å². The lowest BCUT2D eigenvalue weighted by Crippen LogP contribution is -2.37. The van der Waals surface area contributed by atoms with Crippen LogP contribution < -0.4 is 5.73 Å². The van der Waals surface area contributed by atoms with Gasteiger partial charge in [-0.15, -0.1) is 0 Å². The highest BCUT2D eigenvalue weighted by Crippen LogP contribution is 2.36. The number of nitrogens with two attached hydrogens (primary N) is 1. The van der Waals surface area contributed by atoms with E-state index in [2.05, 4.69) is 13.8 Å². The van der Waals surface area contributed by atoms with Crippen molar-refractivity contribution in [2.75, 3.05) is 6.54 Å². The molecule has 0 bridgehead atoms. The molecule has 0 amide bonds. The van der Waals surface area contributed by atoms with Gasteiger partial charge < -0.3 is 5.73 Å². The first-order valence-electron chi connectivity index (χ1n) is 5.92. The highest BCUT2D eigenvalue weighted by atomic mass is 16.1. The van der Waals surface area contributed by atoms with E-state index < -0.39 is 0 Å². The highest BCUT2D eigenvalue weighted by molar-refractivity contribution is 5.85. The molecule has 0 heterocycles. The Hall–Kier alpha value is -0.370. The maximum atomic E-state index is 12.0. The molecule has 0 unspecified atom stereocenters. The van der Waals surface area contributed by atoms with Crippen molar-refractivity contribution in [3.63, 3.8) is 0 Å². The quantitative estimate of drug-likeness (QED) is 0.681. The van der Waals surface area contributed by atoms with E-state index in [1.54, 1.807) is 0 Å². The van der Waals surface area contributed by atoms with Crippen LogP contribution in [0.2, 0.25) is 0 Å². The maximum absolute atomic E-state index is 12.0. The molecule has 0 aromatic rings. The van der Waals surface area contributed by atoms with E-state index in [-0.39, 0.29) is 5.41 Å². The Morgan fingerprint density at radius 2 is 1.93 bits per heavy atom. The van der Waals surface area contributed by atoms with E-state index in [4.69, 9.17) is 5.73 Å². The molecule has 0 atom stereocenters. The lowest BCUT2D eigenvalue weighted by atomic mass is 9.76. The van der Waals surface area contributed by atoms with Gasteiger partial charge >= 0.3 is 0 Å². The number of ketones is 1. The Kier molecular flexibility index (Phi) is 4.11. The van der Waals surface area contributed by atoms with Gasteiger partial charge in [0.15, 0.2) is 0 Å². The second-order valence-corrected chi connectivity index (χ2v) is 4.60. The first-order valence-corrected chi connectivity index (χ1v) is 5.92. The monoisotopic (exact) mass is 197 g/mol. The molecule has 1 aliphatic rings. The van der Waals surface area contributed by atoms with Crippen LogP contribution in [-0.2, 0) is 4.79 Å². The van der Waals surface area contributed by atoms with Crippen molar-refractivity contribution in [2.45, 2.75) is 52.4 Å². The SMILES string of the molecule is CCC(CC)(CN)C(=O)CCC1CC1. The van der Waals surface area contributed by atoms with Crippen LogP contribution in [0, 0.1) is 11.3 Å². The summed E-state index contributed by atoms with van der Waals surface area (Å²) in [7, 11) is 0. The molecule has 1 saturated carbocycles. The normalized spacial score (nSPS) is 17.1. The predicted molar refractivity (Wildman–Crippen MR) is 59.0 cm³/mol. The Morgan fingerprint density at radius 1 is 1.36 bits per heavy atom. The number of rotatable bonds is 7. The predicted octanol–water partition coefficient (Wildman–Crippen LogP) is 2.51. The summed E-state index contributed by atoms with van der Waals surface area (Å²) in [6.45, 7) is 4.67. The molecule has 82 valence electrons. The van der Waals surface area contributed by atoms with E-state index in [9.17, 15) is 4.79 Å². The minimum absolute atomic E-state index is 0.213. The Morgan fingerprint density at radius 3 is 2.29 bits per heavy atom. The minimum atomic E-state index is -0.213. The molecule has 2 heteroatoms. The van der Waals surface area contributed by atoms with Crippen molar-refractivity contribution in [1.29, 1.82) is 0 Å².